The molecule has 2 rings (SSSR count). The van der Waals surface area contributed by atoms with E-state index >= 15 is 0 Å². The van der Waals surface area contributed by atoms with Crippen LogP contribution >= 0.6 is 0 Å². The number of pyridine rings is 1. The van der Waals surface area contributed by atoms with E-state index in [-0.39, 0.29) is 5.82 Å². The molecule has 0 saturated heterocycles. The highest BCUT2D eigenvalue weighted by atomic mass is 19.1. The Bertz CT molecular complexity index is 643. The summed E-state index contributed by atoms with van der Waals surface area (Å²) < 4.78 is 13.0. The third-order valence-corrected chi connectivity index (χ3v) is 3.43. The number of nitrogens with zero attached hydrogens (tertiary/aromatic N) is 2. The van der Waals surface area contributed by atoms with Gasteiger partial charge in [-0.25, -0.2) is 9.37 Å². The van der Waals surface area contributed by atoms with Gasteiger partial charge in [-0.3, -0.25) is 4.79 Å². The van der Waals surface area contributed by atoms with Crippen LogP contribution in [0.15, 0.2) is 42.6 Å². The molecule has 5 heteroatoms. The molecule has 116 valence electrons. The van der Waals surface area contributed by atoms with E-state index in [2.05, 4.69) is 4.98 Å². The molecule has 0 fully saturated rings. The van der Waals surface area contributed by atoms with E-state index in [9.17, 15) is 9.18 Å². The second kappa shape index (κ2) is 7.02. The molecule has 1 N–H and O–H groups in total. The zero-order valence-corrected chi connectivity index (χ0v) is 12.7. The van der Waals surface area contributed by atoms with E-state index in [1.165, 1.54) is 12.1 Å². The molecule has 0 aliphatic heterocycles. The minimum atomic E-state index is -0.850. The van der Waals surface area contributed by atoms with Gasteiger partial charge in [0.1, 0.15) is 11.6 Å². The quantitative estimate of drug-likeness (QED) is 0.890. The number of carboxylic acids is 1. The molecule has 0 spiro atoms. The van der Waals surface area contributed by atoms with E-state index in [1.807, 2.05) is 24.0 Å². The van der Waals surface area contributed by atoms with Crippen LogP contribution < -0.4 is 4.90 Å². The van der Waals surface area contributed by atoms with E-state index in [4.69, 9.17) is 5.11 Å². The Morgan fingerprint density at radius 3 is 2.59 bits per heavy atom. The lowest BCUT2D eigenvalue weighted by Gasteiger charge is -2.26. The molecule has 0 bridgehead atoms. The fraction of sp³-hybridized carbons (Fsp3) is 0.294. The number of rotatable bonds is 6. The van der Waals surface area contributed by atoms with Crippen molar-refractivity contribution in [3.8, 4) is 0 Å². The Balaban J connectivity index is 2.24. The van der Waals surface area contributed by atoms with Gasteiger partial charge in [0.05, 0.1) is 5.92 Å². The van der Waals surface area contributed by atoms with Crippen LogP contribution in [-0.2, 0) is 11.3 Å². The largest absolute Gasteiger partial charge is 0.481 e. The molecule has 22 heavy (non-hydrogen) atoms. The highest BCUT2D eigenvalue weighted by Gasteiger charge is 2.18. The minimum Gasteiger partial charge on any atom is -0.481 e. The van der Waals surface area contributed by atoms with Crippen molar-refractivity contribution in [2.45, 2.75) is 20.4 Å². The lowest BCUT2D eigenvalue weighted by atomic mass is 10.1. The Hall–Kier alpha value is -2.43. The SMILES string of the molecule is Cc1ccnc(N(Cc2ccc(F)cc2)CC(C)C(=O)O)c1. The normalized spacial score (nSPS) is 12.0. The molecular weight excluding hydrogens is 283 g/mol. The predicted molar refractivity (Wildman–Crippen MR) is 83.2 cm³/mol. The third-order valence-electron chi connectivity index (χ3n) is 3.43. The van der Waals surface area contributed by atoms with Crippen LogP contribution in [0.2, 0.25) is 0 Å². The second-order valence-electron chi connectivity index (χ2n) is 5.44. The Morgan fingerprint density at radius 2 is 2.00 bits per heavy atom. The maximum absolute atomic E-state index is 13.0. The van der Waals surface area contributed by atoms with Crippen LogP contribution in [0.1, 0.15) is 18.1 Å². The summed E-state index contributed by atoms with van der Waals surface area (Å²) in [6.45, 7) is 4.44. The van der Waals surface area contributed by atoms with Gasteiger partial charge in [-0.2, -0.15) is 0 Å². The van der Waals surface area contributed by atoms with Crippen LogP contribution in [-0.4, -0.2) is 22.6 Å². The monoisotopic (exact) mass is 302 g/mol. The molecule has 1 aromatic carbocycles. The van der Waals surface area contributed by atoms with E-state index in [0.29, 0.717) is 13.1 Å². The zero-order chi connectivity index (χ0) is 16.1. The number of aliphatic carboxylic acids is 1. The van der Waals surface area contributed by atoms with Gasteiger partial charge in [0.2, 0.25) is 0 Å². The lowest BCUT2D eigenvalue weighted by molar-refractivity contribution is -0.140. The van der Waals surface area contributed by atoms with Gasteiger partial charge < -0.3 is 10.0 Å². The van der Waals surface area contributed by atoms with Gasteiger partial charge >= 0.3 is 5.97 Å². The van der Waals surface area contributed by atoms with Crippen LogP contribution in [0.4, 0.5) is 10.2 Å². The van der Waals surface area contributed by atoms with E-state index < -0.39 is 11.9 Å². The number of benzene rings is 1. The van der Waals surface area contributed by atoms with Crippen molar-refractivity contribution in [2.24, 2.45) is 5.92 Å². The van der Waals surface area contributed by atoms with Crippen LogP contribution in [0.3, 0.4) is 0 Å². The average molecular weight is 302 g/mol. The zero-order valence-electron chi connectivity index (χ0n) is 12.7. The number of hydrogen-bond donors (Lipinski definition) is 1. The maximum Gasteiger partial charge on any atom is 0.308 e. The van der Waals surface area contributed by atoms with Crippen molar-refractivity contribution in [2.75, 3.05) is 11.4 Å². The van der Waals surface area contributed by atoms with Crippen molar-refractivity contribution in [3.05, 3.63) is 59.5 Å². The fourth-order valence-electron chi connectivity index (χ4n) is 2.15. The molecule has 0 aliphatic rings. The number of carboxylic acid groups (broad SMARTS) is 1. The van der Waals surface area contributed by atoms with Crippen molar-refractivity contribution < 1.29 is 14.3 Å². The van der Waals surface area contributed by atoms with Crippen LogP contribution in [0.25, 0.3) is 0 Å². The maximum atomic E-state index is 13.0. The third kappa shape index (κ3) is 4.28. The number of halogens is 1. The second-order valence-corrected chi connectivity index (χ2v) is 5.44. The Kier molecular flexibility index (Phi) is 5.09. The summed E-state index contributed by atoms with van der Waals surface area (Å²) in [6, 6.07) is 10.0. The van der Waals surface area contributed by atoms with Gasteiger partial charge in [-0.1, -0.05) is 19.1 Å². The summed E-state index contributed by atoms with van der Waals surface area (Å²) >= 11 is 0. The number of aryl methyl sites for hydroxylation is 1. The van der Waals surface area contributed by atoms with Gasteiger partial charge in [0.15, 0.2) is 0 Å². The minimum absolute atomic E-state index is 0.289. The molecule has 1 atom stereocenters. The Labute approximate surface area is 129 Å². The van der Waals surface area contributed by atoms with Crippen molar-refractivity contribution in [1.29, 1.82) is 0 Å². The average Bonchev–Trinajstić information content (AvgIpc) is 2.48. The highest BCUT2D eigenvalue weighted by Crippen LogP contribution is 2.18. The first-order valence-electron chi connectivity index (χ1n) is 7.10. The summed E-state index contributed by atoms with van der Waals surface area (Å²) in [5, 5.41) is 9.14. The molecule has 4 nitrogen and oxygen atoms in total. The number of carbonyl (C=O) groups is 1. The summed E-state index contributed by atoms with van der Waals surface area (Å²) in [5.41, 5.74) is 1.96. The Morgan fingerprint density at radius 1 is 1.32 bits per heavy atom. The molecule has 2 aromatic rings. The first kappa shape index (κ1) is 15.9. The van der Waals surface area contributed by atoms with Crippen LogP contribution in [0.5, 0.6) is 0 Å². The molecule has 0 aliphatic carbocycles. The van der Waals surface area contributed by atoms with Gasteiger partial charge in [0, 0.05) is 19.3 Å². The van der Waals surface area contributed by atoms with Crippen LogP contribution in [0, 0.1) is 18.7 Å². The first-order valence-corrected chi connectivity index (χ1v) is 7.10. The predicted octanol–water partition coefficient (Wildman–Crippen LogP) is 3.26. The topological polar surface area (TPSA) is 53.4 Å². The standard InChI is InChI=1S/C17H19FN2O2/c1-12-7-8-19-16(9-12)20(10-13(2)17(21)22)11-14-3-5-15(18)6-4-14/h3-9,13H,10-11H2,1-2H3,(H,21,22). The molecule has 1 unspecified atom stereocenters. The molecule has 0 saturated carbocycles. The van der Waals surface area contributed by atoms with E-state index in [1.54, 1.807) is 25.3 Å². The molecule has 1 aromatic heterocycles. The lowest BCUT2D eigenvalue weighted by Crippen LogP contribution is -2.32. The van der Waals surface area contributed by atoms with Gasteiger partial charge in [-0.05, 0) is 42.3 Å². The first-order chi connectivity index (χ1) is 10.5. The van der Waals surface area contributed by atoms with Gasteiger partial charge in [0.25, 0.3) is 0 Å². The number of hydrogen-bond acceptors (Lipinski definition) is 3. The summed E-state index contributed by atoms with van der Waals surface area (Å²) in [7, 11) is 0. The summed E-state index contributed by atoms with van der Waals surface area (Å²) in [4.78, 5) is 17.4. The van der Waals surface area contributed by atoms with Crippen molar-refractivity contribution in [3.63, 3.8) is 0 Å². The highest BCUT2D eigenvalue weighted by molar-refractivity contribution is 5.70. The molecule has 0 amide bonds. The van der Waals surface area contributed by atoms with Crippen molar-refractivity contribution >= 4 is 11.8 Å². The summed E-state index contributed by atoms with van der Waals surface area (Å²) in [6.07, 6.45) is 1.70. The smallest absolute Gasteiger partial charge is 0.308 e. The molecule has 1 heterocycles. The molecular formula is C17H19FN2O2. The number of aromatic nitrogens is 1. The number of anilines is 1. The van der Waals surface area contributed by atoms with E-state index in [0.717, 1.165) is 16.9 Å². The van der Waals surface area contributed by atoms with Crippen molar-refractivity contribution in [1.82, 2.24) is 4.98 Å². The fourth-order valence-corrected chi connectivity index (χ4v) is 2.15. The van der Waals surface area contributed by atoms with Gasteiger partial charge in [-0.15, -0.1) is 0 Å². The summed E-state index contributed by atoms with van der Waals surface area (Å²) in [5.74, 6) is -0.945. The molecule has 0 radical (unpaired) electrons.